The smallest absolute Gasteiger partial charge is 0.262 e. The molecule has 35 heavy (non-hydrogen) atoms. The Hall–Kier alpha value is -3.52. The van der Waals surface area contributed by atoms with Crippen molar-refractivity contribution in [3.8, 4) is 0 Å². The number of benzene rings is 2. The van der Waals surface area contributed by atoms with Crippen LogP contribution in [0.2, 0.25) is 0 Å². The summed E-state index contributed by atoms with van der Waals surface area (Å²) in [5, 5.41) is 2.82. The third-order valence-corrected chi connectivity index (χ3v) is 7.27. The number of piperidine rings is 1. The largest absolute Gasteiger partial charge is 0.370 e. The maximum Gasteiger partial charge on any atom is 0.262 e. The fraction of sp³-hybridized carbons (Fsp3) is 0.407. The van der Waals surface area contributed by atoms with Crippen LogP contribution in [0.25, 0.3) is 0 Å². The van der Waals surface area contributed by atoms with E-state index in [9.17, 15) is 19.2 Å². The molecule has 1 atom stereocenters. The Labute approximate surface area is 204 Å². The van der Waals surface area contributed by atoms with Crippen LogP contribution in [0.15, 0.2) is 54.6 Å². The molecule has 0 unspecified atom stereocenters. The first-order valence-electron chi connectivity index (χ1n) is 12.2. The van der Waals surface area contributed by atoms with Crippen molar-refractivity contribution in [2.24, 2.45) is 0 Å². The number of imide groups is 1. The minimum absolute atomic E-state index is 0.118. The molecule has 3 heterocycles. The lowest BCUT2D eigenvalue weighted by Crippen LogP contribution is -2.48. The van der Waals surface area contributed by atoms with Gasteiger partial charge >= 0.3 is 0 Å². The normalized spacial score (nSPS) is 20.9. The summed E-state index contributed by atoms with van der Waals surface area (Å²) in [7, 11) is 0. The first-order chi connectivity index (χ1) is 16.9. The molecule has 4 amide bonds. The highest BCUT2D eigenvalue weighted by Gasteiger charge is 2.43. The fourth-order valence-corrected chi connectivity index (χ4v) is 5.26. The fourth-order valence-electron chi connectivity index (χ4n) is 5.26. The summed E-state index contributed by atoms with van der Waals surface area (Å²) in [6.45, 7) is 1.37. The molecule has 182 valence electrons. The molecule has 3 aliphatic heterocycles. The predicted octanol–water partition coefficient (Wildman–Crippen LogP) is 2.18. The molecule has 2 aromatic carbocycles. The van der Waals surface area contributed by atoms with Gasteiger partial charge in [0.2, 0.25) is 11.8 Å². The second kappa shape index (κ2) is 9.62. The highest BCUT2D eigenvalue weighted by Crippen LogP contribution is 2.38. The standard InChI is InChI=1S/C27H29N3O5/c31-23(18-30-25(33)21-8-4-5-9-22(21)26(30)34)28-17-20-10-11-27(35-20)12-14-29(15-13-27)24(32)16-19-6-2-1-3-7-19/h1-9,20H,10-18H2,(H,28,31)/t20-/m0/s1. The third kappa shape index (κ3) is 4.84. The van der Waals surface area contributed by atoms with Crippen LogP contribution in [0.1, 0.15) is 52.0 Å². The van der Waals surface area contributed by atoms with Crippen LogP contribution >= 0.6 is 0 Å². The Morgan fingerprint density at radius 3 is 2.20 bits per heavy atom. The molecule has 2 aromatic rings. The number of carbonyl (C=O) groups excluding carboxylic acids is 4. The first-order valence-corrected chi connectivity index (χ1v) is 12.2. The second-order valence-corrected chi connectivity index (χ2v) is 9.55. The molecule has 2 fully saturated rings. The average Bonchev–Trinajstić information content (AvgIpc) is 3.38. The minimum Gasteiger partial charge on any atom is -0.370 e. The predicted molar refractivity (Wildman–Crippen MR) is 128 cm³/mol. The summed E-state index contributed by atoms with van der Waals surface area (Å²) in [6.07, 6.45) is 3.58. The van der Waals surface area contributed by atoms with Gasteiger partial charge in [0.05, 0.1) is 29.3 Å². The van der Waals surface area contributed by atoms with Crippen LogP contribution < -0.4 is 5.32 Å². The van der Waals surface area contributed by atoms with E-state index in [0.717, 1.165) is 36.1 Å². The van der Waals surface area contributed by atoms with E-state index < -0.39 is 11.8 Å². The van der Waals surface area contributed by atoms with Crippen molar-refractivity contribution in [2.45, 2.75) is 43.8 Å². The van der Waals surface area contributed by atoms with E-state index in [2.05, 4.69) is 5.32 Å². The van der Waals surface area contributed by atoms with E-state index in [4.69, 9.17) is 4.74 Å². The molecule has 8 heteroatoms. The molecule has 0 bridgehead atoms. The van der Waals surface area contributed by atoms with Gasteiger partial charge in [-0.2, -0.15) is 0 Å². The van der Waals surface area contributed by atoms with Gasteiger partial charge in [0.15, 0.2) is 0 Å². The summed E-state index contributed by atoms with van der Waals surface area (Å²) < 4.78 is 6.35. The van der Waals surface area contributed by atoms with Crippen molar-refractivity contribution in [3.63, 3.8) is 0 Å². The summed E-state index contributed by atoms with van der Waals surface area (Å²) in [5.74, 6) is -1.12. The quantitative estimate of drug-likeness (QED) is 0.646. The summed E-state index contributed by atoms with van der Waals surface area (Å²) in [6, 6.07) is 16.4. The summed E-state index contributed by atoms with van der Waals surface area (Å²) in [5.41, 5.74) is 1.44. The van der Waals surface area contributed by atoms with Crippen LogP contribution in [0.5, 0.6) is 0 Å². The number of nitrogens with zero attached hydrogens (tertiary/aromatic N) is 2. The number of amides is 4. The van der Waals surface area contributed by atoms with Crippen LogP contribution in [-0.4, -0.2) is 71.3 Å². The van der Waals surface area contributed by atoms with E-state index in [1.165, 1.54) is 0 Å². The zero-order valence-corrected chi connectivity index (χ0v) is 19.6. The highest BCUT2D eigenvalue weighted by atomic mass is 16.5. The molecule has 0 saturated carbocycles. The van der Waals surface area contributed by atoms with Gasteiger partial charge < -0.3 is 15.0 Å². The molecule has 0 aliphatic carbocycles. The van der Waals surface area contributed by atoms with Gasteiger partial charge in [-0.3, -0.25) is 24.1 Å². The van der Waals surface area contributed by atoms with Crippen LogP contribution in [0.4, 0.5) is 0 Å². The maximum atomic E-state index is 12.7. The second-order valence-electron chi connectivity index (χ2n) is 9.55. The number of likely N-dealkylation sites (tertiary alicyclic amines) is 1. The Balaban J connectivity index is 1.06. The molecule has 3 aliphatic rings. The molecule has 1 N–H and O–H groups in total. The van der Waals surface area contributed by atoms with Crippen LogP contribution in [0.3, 0.4) is 0 Å². The molecular formula is C27H29N3O5. The topological polar surface area (TPSA) is 96.0 Å². The summed E-state index contributed by atoms with van der Waals surface area (Å²) >= 11 is 0. The lowest BCUT2D eigenvalue weighted by molar-refractivity contribution is -0.137. The lowest BCUT2D eigenvalue weighted by Gasteiger charge is -2.39. The minimum atomic E-state index is -0.439. The van der Waals surface area contributed by atoms with Gasteiger partial charge in [0, 0.05) is 19.6 Å². The van der Waals surface area contributed by atoms with E-state index in [1.54, 1.807) is 24.3 Å². The monoisotopic (exact) mass is 475 g/mol. The Morgan fingerprint density at radius 2 is 1.54 bits per heavy atom. The van der Waals surface area contributed by atoms with Crippen molar-refractivity contribution < 1.29 is 23.9 Å². The number of nitrogens with one attached hydrogen (secondary N) is 1. The van der Waals surface area contributed by atoms with Gasteiger partial charge in [-0.05, 0) is 43.4 Å². The molecule has 1 spiro atoms. The SMILES string of the molecule is O=C(CN1C(=O)c2ccccc2C1=O)NC[C@@H]1CCC2(CCN(C(=O)Cc3ccccc3)CC2)O1. The van der Waals surface area contributed by atoms with Crippen molar-refractivity contribution in [1.82, 2.24) is 15.1 Å². The first kappa shape index (κ1) is 23.2. The molecule has 2 saturated heterocycles. The number of hydrogen-bond donors (Lipinski definition) is 1. The van der Waals surface area contributed by atoms with Gasteiger partial charge in [-0.1, -0.05) is 42.5 Å². The van der Waals surface area contributed by atoms with Crippen molar-refractivity contribution in [3.05, 3.63) is 71.3 Å². The Kier molecular flexibility index (Phi) is 6.38. The van der Waals surface area contributed by atoms with Crippen LogP contribution in [0, 0.1) is 0 Å². The highest BCUT2D eigenvalue weighted by molar-refractivity contribution is 6.22. The molecular weight excluding hydrogens is 446 g/mol. The van der Waals surface area contributed by atoms with E-state index in [1.807, 2.05) is 35.2 Å². The van der Waals surface area contributed by atoms with Crippen LogP contribution in [-0.2, 0) is 20.7 Å². The number of carbonyl (C=O) groups is 4. The molecule has 8 nitrogen and oxygen atoms in total. The van der Waals surface area contributed by atoms with Crippen molar-refractivity contribution in [2.75, 3.05) is 26.2 Å². The zero-order valence-electron chi connectivity index (χ0n) is 19.6. The number of hydrogen-bond acceptors (Lipinski definition) is 5. The Bertz CT molecular complexity index is 1110. The Morgan fingerprint density at radius 1 is 0.914 bits per heavy atom. The van der Waals surface area contributed by atoms with E-state index in [0.29, 0.717) is 37.2 Å². The van der Waals surface area contributed by atoms with Gasteiger partial charge in [0.25, 0.3) is 11.8 Å². The average molecular weight is 476 g/mol. The van der Waals surface area contributed by atoms with E-state index in [-0.39, 0.29) is 30.1 Å². The maximum absolute atomic E-state index is 12.7. The van der Waals surface area contributed by atoms with Gasteiger partial charge in [-0.15, -0.1) is 0 Å². The third-order valence-electron chi connectivity index (χ3n) is 7.27. The molecule has 0 radical (unpaired) electrons. The van der Waals surface area contributed by atoms with Crippen molar-refractivity contribution >= 4 is 23.6 Å². The number of rotatable bonds is 6. The lowest BCUT2D eigenvalue weighted by atomic mass is 9.88. The van der Waals surface area contributed by atoms with Crippen molar-refractivity contribution in [1.29, 1.82) is 0 Å². The van der Waals surface area contributed by atoms with Gasteiger partial charge in [0.1, 0.15) is 6.54 Å². The van der Waals surface area contributed by atoms with E-state index >= 15 is 0 Å². The number of fused-ring (bicyclic) bond motifs is 1. The molecule has 0 aromatic heterocycles. The number of ether oxygens (including phenoxy) is 1. The summed E-state index contributed by atoms with van der Waals surface area (Å²) in [4.78, 5) is 52.9. The van der Waals surface area contributed by atoms with Gasteiger partial charge in [-0.25, -0.2) is 0 Å². The molecule has 5 rings (SSSR count). The zero-order chi connectivity index (χ0) is 24.4.